The molecule has 0 radical (unpaired) electrons. The van der Waals surface area contributed by atoms with Crippen LogP contribution in [0.25, 0.3) is 0 Å². The van der Waals surface area contributed by atoms with Crippen molar-refractivity contribution in [3.8, 4) is 11.5 Å². The highest BCUT2D eigenvalue weighted by Crippen LogP contribution is 2.23. The van der Waals surface area contributed by atoms with Gasteiger partial charge in [0.2, 0.25) is 5.91 Å². The molecular formula is C17H25NO5. The summed E-state index contributed by atoms with van der Waals surface area (Å²) < 4.78 is 10.4. The number of carbonyl (C=O) groups excluding carboxylic acids is 1. The number of carboxylic acids is 1. The van der Waals surface area contributed by atoms with Crippen molar-refractivity contribution < 1.29 is 24.2 Å². The van der Waals surface area contributed by atoms with E-state index in [1.807, 2.05) is 19.1 Å². The lowest BCUT2D eigenvalue weighted by Crippen LogP contribution is -2.52. The lowest BCUT2D eigenvalue weighted by molar-refractivity contribution is -0.147. The van der Waals surface area contributed by atoms with E-state index in [1.165, 1.54) is 6.92 Å². The summed E-state index contributed by atoms with van der Waals surface area (Å²) in [5.74, 6) is 0.00289. The molecule has 0 aliphatic carbocycles. The van der Waals surface area contributed by atoms with Crippen LogP contribution in [0.3, 0.4) is 0 Å². The number of carboxylic acid groups (broad SMARTS) is 1. The smallest absolute Gasteiger partial charge is 0.329 e. The van der Waals surface area contributed by atoms with Gasteiger partial charge in [-0.3, -0.25) is 4.79 Å². The first-order valence-corrected chi connectivity index (χ1v) is 7.61. The Balaban J connectivity index is 2.70. The summed E-state index contributed by atoms with van der Waals surface area (Å²) in [6.07, 6.45) is 1.74. The Labute approximate surface area is 136 Å². The van der Waals surface area contributed by atoms with Gasteiger partial charge in [0.25, 0.3) is 0 Å². The van der Waals surface area contributed by atoms with Crippen LogP contribution < -0.4 is 14.8 Å². The number of amides is 1. The van der Waals surface area contributed by atoms with Crippen molar-refractivity contribution in [1.82, 2.24) is 5.32 Å². The largest absolute Gasteiger partial charge is 0.497 e. The highest BCUT2D eigenvalue weighted by atomic mass is 16.5. The minimum Gasteiger partial charge on any atom is -0.497 e. The molecule has 0 aliphatic rings. The standard InChI is InChI=1S/C17H25NO5/c1-5-8-17(2,16(20)21)18-15(19)7-6-12-9-13(22-3)11-14(10-12)23-4/h9-11H,5-8H2,1-4H3,(H,18,19)(H,20,21). The van der Waals surface area contributed by atoms with Crippen molar-refractivity contribution in [2.24, 2.45) is 0 Å². The lowest BCUT2D eigenvalue weighted by atomic mass is 9.96. The van der Waals surface area contributed by atoms with Gasteiger partial charge in [0.1, 0.15) is 17.0 Å². The summed E-state index contributed by atoms with van der Waals surface area (Å²) in [5.41, 5.74) is -0.332. The number of carbonyl (C=O) groups is 2. The highest BCUT2D eigenvalue weighted by Gasteiger charge is 2.33. The molecule has 1 aromatic carbocycles. The number of aryl methyl sites for hydroxylation is 1. The maximum absolute atomic E-state index is 12.1. The molecule has 1 unspecified atom stereocenters. The first kappa shape index (κ1) is 18.8. The normalized spacial score (nSPS) is 13.0. The SMILES string of the molecule is CCCC(C)(NC(=O)CCc1cc(OC)cc(OC)c1)C(=O)O. The molecule has 6 nitrogen and oxygen atoms in total. The maximum atomic E-state index is 12.1. The average molecular weight is 323 g/mol. The van der Waals surface area contributed by atoms with E-state index in [1.54, 1.807) is 20.3 Å². The molecule has 1 aromatic rings. The molecule has 0 aliphatic heterocycles. The van der Waals surface area contributed by atoms with Gasteiger partial charge in [0.05, 0.1) is 14.2 Å². The summed E-state index contributed by atoms with van der Waals surface area (Å²) in [6.45, 7) is 3.42. The molecule has 0 aromatic heterocycles. The summed E-state index contributed by atoms with van der Waals surface area (Å²) in [4.78, 5) is 23.4. The topological polar surface area (TPSA) is 84.9 Å². The molecule has 0 bridgehead atoms. The zero-order chi connectivity index (χ0) is 17.5. The summed E-state index contributed by atoms with van der Waals surface area (Å²) in [6, 6.07) is 5.42. The molecule has 23 heavy (non-hydrogen) atoms. The van der Waals surface area contributed by atoms with Crippen LogP contribution >= 0.6 is 0 Å². The van der Waals surface area contributed by atoms with Gasteiger partial charge in [-0.2, -0.15) is 0 Å². The summed E-state index contributed by atoms with van der Waals surface area (Å²) >= 11 is 0. The Morgan fingerprint density at radius 1 is 1.17 bits per heavy atom. The Hall–Kier alpha value is -2.24. The van der Waals surface area contributed by atoms with Gasteiger partial charge in [0, 0.05) is 12.5 Å². The first-order chi connectivity index (χ1) is 10.8. The fraction of sp³-hybridized carbons (Fsp3) is 0.529. The molecule has 128 valence electrons. The fourth-order valence-corrected chi connectivity index (χ4v) is 2.36. The first-order valence-electron chi connectivity index (χ1n) is 7.61. The second-order valence-electron chi connectivity index (χ2n) is 5.66. The molecule has 1 atom stereocenters. The highest BCUT2D eigenvalue weighted by molar-refractivity contribution is 5.86. The van der Waals surface area contributed by atoms with Gasteiger partial charge >= 0.3 is 5.97 Å². The molecular weight excluding hydrogens is 298 g/mol. The number of methoxy groups -OCH3 is 2. The van der Waals surface area contributed by atoms with E-state index in [-0.39, 0.29) is 12.3 Å². The fourth-order valence-electron chi connectivity index (χ4n) is 2.36. The average Bonchev–Trinajstić information content (AvgIpc) is 2.52. The van der Waals surface area contributed by atoms with Crippen molar-refractivity contribution in [3.05, 3.63) is 23.8 Å². The zero-order valence-electron chi connectivity index (χ0n) is 14.1. The van der Waals surface area contributed by atoms with E-state index in [4.69, 9.17) is 9.47 Å². The van der Waals surface area contributed by atoms with E-state index in [9.17, 15) is 14.7 Å². The van der Waals surface area contributed by atoms with Crippen LogP contribution in [-0.2, 0) is 16.0 Å². The molecule has 1 rings (SSSR count). The van der Waals surface area contributed by atoms with Crippen LogP contribution in [0.15, 0.2) is 18.2 Å². The van der Waals surface area contributed by atoms with Crippen molar-refractivity contribution in [2.45, 2.75) is 45.1 Å². The van der Waals surface area contributed by atoms with Crippen molar-refractivity contribution >= 4 is 11.9 Å². The van der Waals surface area contributed by atoms with Crippen LogP contribution in [0, 0.1) is 0 Å². The van der Waals surface area contributed by atoms with Crippen molar-refractivity contribution in [3.63, 3.8) is 0 Å². The minimum absolute atomic E-state index is 0.197. The van der Waals surface area contributed by atoms with E-state index in [0.717, 1.165) is 5.56 Å². The van der Waals surface area contributed by atoms with Crippen molar-refractivity contribution in [1.29, 1.82) is 0 Å². The Bertz CT molecular complexity index is 536. The van der Waals surface area contributed by atoms with Crippen LogP contribution in [0.5, 0.6) is 11.5 Å². The second kappa shape index (κ2) is 8.41. The third kappa shape index (κ3) is 5.47. The van der Waals surface area contributed by atoms with Crippen LogP contribution in [-0.4, -0.2) is 36.7 Å². The van der Waals surface area contributed by atoms with Gasteiger partial charge in [-0.15, -0.1) is 0 Å². The van der Waals surface area contributed by atoms with Gasteiger partial charge < -0.3 is 19.9 Å². The van der Waals surface area contributed by atoms with E-state index in [2.05, 4.69) is 5.32 Å². The van der Waals surface area contributed by atoms with Crippen LogP contribution in [0.2, 0.25) is 0 Å². The minimum atomic E-state index is -1.22. The molecule has 0 fully saturated rings. The molecule has 0 heterocycles. The molecule has 0 saturated heterocycles. The zero-order valence-corrected chi connectivity index (χ0v) is 14.1. The predicted octanol–water partition coefficient (Wildman–Crippen LogP) is 2.40. The number of aliphatic carboxylic acids is 1. The Morgan fingerprint density at radius 2 is 1.74 bits per heavy atom. The van der Waals surface area contributed by atoms with Gasteiger partial charge in [-0.25, -0.2) is 4.79 Å². The van der Waals surface area contributed by atoms with E-state index >= 15 is 0 Å². The predicted molar refractivity (Wildman–Crippen MR) is 87.0 cm³/mol. The quantitative estimate of drug-likeness (QED) is 0.729. The summed E-state index contributed by atoms with van der Waals surface area (Å²) in [5, 5.41) is 11.9. The van der Waals surface area contributed by atoms with Crippen molar-refractivity contribution in [2.75, 3.05) is 14.2 Å². The molecule has 6 heteroatoms. The number of nitrogens with one attached hydrogen (secondary N) is 1. The number of benzene rings is 1. The number of rotatable bonds is 9. The number of hydrogen-bond donors (Lipinski definition) is 2. The number of hydrogen-bond acceptors (Lipinski definition) is 4. The monoisotopic (exact) mass is 323 g/mol. The Morgan fingerprint density at radius 3 is 2.17 bits per heavy atom. The van der Waals surface area contributed by atoms with Crippen LogP contribution in [0.1, 0.15) is 38.7 Å². The van der Waals surface area contributed by atoms with E-state index < -0.39 is 11.5 Å². The third-order valence-corrected chi connectivity index (χ3v) is 3.69. The molecule has 2 N–H and O–H groups in total. The van der Waals surface area contributed by atoms with Crippen LogP contribution in [0.4, 0.5) is 0 Å². The second-order valence-corrected chi connectivity index (χ2v) is 5.66. The third-order valence-electron chi connectivity index (χ3n) is 3.69. The summed E-state index contributed by atoms with van der Waals surface area (Å²) in [7, 11) is 3.13. The lowest BCUT2D eigenvalue weighted by Gasteiger charge is -2.25. The van der Waals surface area contributed by atoms with Gasteiger partial charge in [-0.05, 0) is 37.5 Å². The van der Waals surface area contributed by atoms with E-state index in [0.29, 0.717) is 30.8 Å². The molecule has 0 saturated carbocycles. The molecule has 1 amide bonds. The van der Waals surface area contributed by atoms with Gasteiger partial charge in [0.15, 0.2) is 0 Å². The van der Waals surface area contributed by atoms with Gasteiger partial charge in [-0.1, -0.05) is 13.3 Å². The molecule has 0 spiro atoms. The maximum Gasteiger partial charge on any atom is 0.329 e. The number of ether oxygens (including phenoxy) is 2. The Kier molecular flexibility index (Phi) is 6.88.